The number of hydrazone groups is 1. The summed E-state index contributed by atoms with van der Waals surface area (Å²) in [4.78, 5) is 36.3. The van der Waals surface area contributed by atoms with E-state index in [0.29, 0.717) is 11.3 Å². The number of halogens is 3. The van der Waals surface area contributed by atoms with Crippen molar-refractivity contribution in [3.63, 3.8) is 0 Å². The molecule has 1 atom stereocenters. The number of ketones is 1. The van der Waals surface area contributed by atoms with Crippen LogP contribution in [0.4, 0.5) is 17.1 Å². The molecule has 3 aromatic carbocycles. The van der Waals surface area contributed by atoms with Crippen molar-refractivity contribution in [1.29, 1.82) is 0 Å². The molecule has 0 aromatic heterocycles. The molecule has 0 saturated heterocycles. The van der Waals surface area contributed by atoms with Crippen LogP contribution in [0, 0.1) is 10.1 Å². The predicted octanol–water partition coefficient (Wildman–Crippen LogP) is 6.12. The summed E-state index contributed by atoms with van der Waals surface area (Å²) in [6.07, 6.45) is 1.34. The average molecular weight is 546 g/mol. The highest BCUT2D eigenvalue weighted by atomic mass is 35.5. The molecule has 1 heterocycles. The van der Waals surface area contributed by atoms with E-state index in [1.54, 1.807) is 42.5 Å². The molecule has 3 aromatic rings. The number of nitro benzene ring substituents is 1. The number of aliphatic hydroxyl groups is 1. The van der Waals surface area contributed by atoms with Crippen LogP contribution in [-0.2, 0) is 9.59 Å². The van der Waals surface area contributed by atoms with Gasteiger partial charge < -0.3 is 10.4 Å². The highest BCUT2D eigenvalue weighted by Gasteiger charge is 2.34. The lowest BCUT2D eigenvalue weighted by atomic mass is 10.0. The zero-order valence-electron chi connectivity index (χ0n) is 18.1. The molecule has 0 radical (unpaired) electrons. The lowest BCUT2D eigenvalue weighted by molar-refractivity contribution is -0.383. The first kappa shape index (κ1) is 25.2. The zero-order valence-corrected chi connectivity index (χ0v) is 20.3. The van der Waals surface area contributed by atoms with Gasteiger partial charge in [0.1, 0.15) is 11.4 Å². The third kappa shape index (κ3) is 5.03. The molecule has 0 unspecified atom stereocenters. The molecule has 4 rings (SSSR count). The number of benzene rings is 3. The molecule has 1 aliphatic heterocycles. The number of nitrogens with one attached hydrogen (secondary N) is 1. The molecule has 0 aliphatic carbocycles. The van der Waals surface area contributed by atoms with E-state index in [1.165, 1.54) is 23.2 Å². The standard InChI is InChI=1S/C24H15Cl3N4O5/c25-14-9-10-16(19(11-14)31(35)36)28-24(34)23(33)22-20(32)12-18(13-5-2-1-3-6-13)30(29-22)17-8-4-7-15(26)21(17)27/h1-12,18,32H,(H,28,34)/t18-/m1/s1. The molecule has 0 bridgehead atoms. The van der Waals surface area contributed by atoms with Crippen LogP contribution in [0.15, 0.2) is 83.7 Å². The van der Waals surface area contributed by atoms with Gasteiger partial charge >= 0.3 is 0 Å². The number of allylic oxidation sites excluding steroid dienone is 1. The maximum atomic E-state index is 13.0. The Morgan fingerprint density at radius 1 is 1.03 bits per heavy atom. The Morgan fingerprint density at radius 3 is 2.44 bits per heavy atom. The number of carbonyl (C=O) groups excluding carboxylic acids is 2. The van der Waals surface area contributed by atoms with Crippen LogP contribution in [0.3, 0.4) is 0 Å². The summed E-state index contributed by atoms with van der Waals surface area (Å²) < 4.78 is 0. The number of anilines is 2. The summed E-state index contributed by atoms with van der Waals surface area (Å²) in [5.74, 6) is -3.04. The third-order valence-electron chi connectivity index (χ3n) is 5.17. The summed E-state index contributed by atoms with van der Waals surface area (Å²) >= 11 is 18.4. The van der Waals surface area contributed by atoms with E-state index >= 15 is 0 Å². The van der Waals surface area contributed by atoms with Crippen molar-refractivity contribution in [2.24, 2.45) is 5.10 Å². The summed E-state index contributed by atoms with van der Waals surface area (Å²) in [6, 6.07) is 16.6. The third-order valence-corrected chi connectivity index (χ3v) is 6.22. The predicted molar refractivity (Wildman–Crippen MR) is 138 cm³/mol. The average Bonchev–Trinajstić information content (AvgIpc) is 2.86. The molecule has 0 spiro atoms. The summed E-state index contributed by atoms with van der Waals surface area (Å²) in [5, 5.41) is 30.2. The number of carbonyl (C=O) groups is 2. The van der Waals surface area contributed by atoms with E-state index in [9.17, 15) is 24.8 Å². The number of rotatable bonds is 6. The number of nitro groups is 1. The smallest absolute Gasteiger partial charge is 0.298 e. The molecule has 1 aliphatic rings. The second-order valence-electron chi connectivity index (χ2n) is 7.48. The van der Waals surface area contributed by atoms with Crippen LogP contribution < -0.4 is 10.3 Å². The fraction of sp³-hybridized carbons (Fsp3) is 0.0417. The first-order valence-electron chi connectivity index (χ1n) is 10.2. The fourth-order valence-corrected chi connectivity index (χ4v) is 4.04. The largest absolute Gasteiger partial charge is 0.506 e. The topological polar surface area (TPSA) is 125 Å². The minimum Gasteiger partial charge on any atom is -0.506 e. The van der Waals surface area contributed by atoms with E-state index in [1.807, 2.05) is 6.07 Å². The molecule has 36 heavy (non-hydrogen) atoms. The Balaban J connectivity index is 1.73. The van der Waals surface area contributed by atoms with Gasteiger partial charge in [0.2, 0.25) is 0 Å². The van der Waals surface area contributed by atoms with Gasteiger partial charge in [-0.2, -0.15) is 5.10 Å². The molecule has 1 amide bonds. The van der Waals surface area contributed by atoms with E-state index in [0.717, 1.165) is 6.07 Å². The maximum Gasteiger partial charge on any atom is 0.298 e. The SMILES string of the molecule is O=C(Nc1ccc(Cl)cc1[N+](=O)[O-])C(=O)C1=NN(c2cccc(Cl)c2Cl)[C@@H](c2ccccc2)C=C1O. The van der Waals surface area contributed by atoms with Crippen LogP contribution in [0.1, 0.15) is 11.6 Å². The molecular weight excluding hydrogens is 531 g/mol. The highest BCUT2D eigenvalue weighted by molar-refractivity contribution is 6.69. The monoisotopic (exact) mass is 544 g/mol. The number of hydrogen-bond acceptors (Lipinski definition) is 7. The highest BCUT2D eigenvalue weighted by Crippen LogP contribution is 2.39. The van der Waals surface area contributed by atoms with Crippen molar-refractivity contribution in [3.8, 4) is 0 Å². The van der Waals surface area contributed by atoms with Gasteiger partial charge in [-0.25, -0.2) is 0 Å². The van der Waals surface area contributed by atoms with Crippen molar-refractivity contribution in [1.82, 2.24) is 0 Å². The van der Waals surface area contributed by atoms with Crippen molar-refractivity contribution < 1.29 is 19.6 Å². The second-order valence-corrected chi connectivity index (χ2v) is 8.70. The van der Waals surface area contributed by atoms with Gasteiger partial charge in [0.05, 0.1) is 26.7 Å². The summed E-state index contributed by atoms with van der Waals surface area (Å²) in [5.41, 5.74) is -0.324. The zero-order chi connectivity index (χ0) is 26.0. The van der Waals surface area contributed by atoms with Crippen molar-refractivity contribution in [2.45, 2.75) is 6.04 Å². The number of amides is 1. The van der Waals surface area contributed by atoms with Gasteiger partial charge in [0, 0.05) is 11.1 Å². The number of Topliss-reactive ketones (excluding diaryl/α,β-unsaturated/α-hetero) is 1. The molecular formula is C24H15Cl3N4O5. The maximum absolute atomic E-state index is 13.0. The van der Waals surface area contributed by atoms with Gasteiger partial charge in [-0.05, 0) is 35.9 Å². The van der Waals surface area contributed by atoms with Crippen molar-refractivity contribution >= 4 is 69.3 Å². The minimum atomic E-state index is -1.26. The van der Waals surface area contributed by atoms with Crippen LogP contribution in [0.2, 0.25) is 15.1 Å². The molecule has 0 saturated carbocycles. The second kappa shape index (κ2) is 10.4. The first-order valence-corrected chi connectivity index (χ1v) is 11.4. The minimum absolute atomic E-state index is 0.0734. The van der Waals surface area contributed by atoms with Crippen LogP contribution in [-0.4, -0.2) is 27.4 Å². The summed E-state index contributed by atoms with van der Waals surface area (Å²) in [6.45, 7) is 0. The van der Waals surface area contributed by atoms with Gasteiger partial charge in [0.25, 0.3) is 17.4 Å². The van der Waals surface area contributed by atoms with Gasteiger partial charge in [-0.3, -0.25) is 24.7 Å². The van der Waals surface area contributed by atoms with Gasteiger partial charge in [-0.15, -0.1) is 0 Å². The fourth-order valence-electron chi connectivity index (χ4n) is 3.49. The van der Waals surface area contributed by atoms with Crippen LogP contribution in [0.5, 0.6) is 0 Å². The van der Waals surface area contributed by atoms with Crippen molar-refractivity contribution in [3.05, 3.63) is 109 Å². The van der Waals surface area contributed by atoms with E-state index in [2.05, 4.69) is 10.4 Å². The lowest BCUT2D eigenvalue weighted by Gasteiger charge is -2.32. The molecule has 2 N–H and O–H groups in total. The summed E-state index contributed by atoms with van der Waals surface area (Å²) in [7, 11) is 0. The van der Waals surface area contributed by atoms with Crippen molar-refractivity contribution in [2.75, 3.05) is 10.3 Å². The Bertz CT molecular complexity index is 1440. The number of aliphatic hydroxyl groups excluding tert-OH is 1. The Hall–Kier alpha value is -3.92. The van der Waals surface area contributed by atoms with E-state index in [-0.39, 0.29) is 20.8 Å². The van der Waals surface area contributed by atoms with E-state index in [4.69, 9.17) is 34.8 Å². The van der Waals surface area contributed by atoms with Crippen LogP contribution in [0.25, 0.3) is 0 Å². The van der Waals surface area contributed by atoms with Gasteiger partial charge in [-0.1, -0.05) is 71.2 Å². The molecule has 9 nitrogen and oxygen atoms in total. The van der Waals surface area contributed by atoms with Crippen LogP contribution >= 0.6 is 34.8 Å². The normalized spacial score (nSPS) is 15.1. The number of hydrogen-bond donors (Lipinski definition) is 2. The molecule has 12 heteroatoms. The lowest BCUT2D eigenvalue weighted by Crippen LogP contribution is -2.37. The Kier molecular flexibility index (Phi) is 7.25. The van der Waals surface area contributed by atoms with E-state index < -0.39 is 39.8 Å². The number of nitrogens with zero attached hydrogens (tertiary/aromatic N) is 3. The Labute approximate surface area is 219 Å². The Morgan fingerprint density at radius 2 is 1.75 bits per heavy atom. The van der Waals surface area contributed by atoms with Gasteiger partial charge in [0.15, 0.2) is 5.71 Å². The quantitative estimate of drug-likeness (QED) is 0.218. The first-order chi connectivity index (χ1) is 17.2. The molecule has 182 valence electrons. The molecule has 0 fully saturated rings.